The van der Waals surface area contributed by atoms with E-state index in [9.17, 15) is 10.2 Å². The Morgan fingerprint density at radius 1 is 0.672 bits per heavy atom. The molecule has 0 aromatic carbocycles. The molecule has 4 fully saturated rings. The van der Waals surface area contributed by atoms with E-state index in [1.807, 2.05) is 0 Å². The van der Waals surface area contributed by atoms with E-state index in [4.69, 9.17) is 41.4 Å². The summed E-state index contributed by atoms with van der Waals surface area (Å²) in [5.74, 6) is 6.65. The number of allylic oxidation sites excluding steroid dienone is 6. The molecular formula is C44H82O11Si3. The van der Waals surface area contributed by atoms with Crippen molar-refractivity contribution in [2.45, 2.75) is 113 Å². The topological polar surface area (TPSA) is 138 Å². The number of fused-ring (bicyclic) bond motifs is 6. The highest BCUT2D eigenvalue weighted by atomic mass is 28.4. The molecule has 0 aromatic rings. The molecule has 0 radical (unpaired) electrons. The average Bonchev–Trinajstić information content (AvgIpc) is 3.91. The molecule has 1 saturated heterocycles. The van der Waals surface area contributed by atoms with Gasteiger partial charge in [-0.25, -0.2) is 0 Å². The van der Waals surface area contributed by atoms with Crippen LogP contribution in [0.15, 0.2) is 36.5 Å². The SMILES string of the molecule is CO[SiH2]CCCC(CO)OCC1CC2C=CC1C2.CO[SiH2]CCCC(O)COCC1CC2C=CC1C2.CO[Si](CCCC1CO1)(OC)OC.OCC1CC2C=CC1C2. The van der Waals surface area contributed by atoms with E-state index in [1.165, 1.54) is 44.6 Å². The third kappa shape index (κ3) is 17.7. The van der Waals surface area contributed by atoms with Gasteiger partial charge in [0, 0.05) is 48.2 Å². The van der Waals surface area contributed by atoms with Crippen LogP contribution in [0.4, 0.5) is 0 Å². The predicted molar refractivity (Wildman–Crippen MR) is 237 cm³/mol. The lowest BCUT2D eigenvalue weighted by molar-refractivity contribution is -0.0131. The zero-order chi connectivity index (χ0) is 41.6. The van der Waals surface area contributed by atoms with Crippen molar-refractivity contribution < 1.29 is 51.7 Å². The normalized spacial score (nSPS) is 31.9. The summed E-state index contributed by atoms with van der Waals surface area (Å²) >= 11 is 0. The molecule has 7 aliphatic rings. The lowest BCUT2D eigenvalue weighted by Crippen LogP contribution is -2.42. The second-order valence-electron chi connectivity index (χ2n) is 17.8. The first-order chi connectivity index (χ1) is 28.3. The largest absolute Gasteiger partial charge is 0.500 e. The van der Waals surface area contributed by atoms with Crippen LogP contribution in [0, 0.1) is 53.3 Å². The summed E-state index contributed by atoms with van der Waals surface area (Å²) in [6.07, 6.45) is 28.2. The fourth-order valence-electron chi connectivity index (χ4n) is 9.78. The minimum absolute atomic E-state index is 0.0407. The summed E-state index contributed by atoms with van der Waals surface area (Å²) in [6.45, 7) is 3.64. The standard InChI is InChI=1S/2C14H26O3Si.C8H18O4Si.C8H12O/c1-16-18-6-2-3-14(9-15)17-10-13-8-11-4-5-12(13)7-11;1-16-18-6-2-3-14(15)10-17-9-13-8-11-4-5-12(13)7-11;1-9-13(10-2,11-3)6-4-5-8-7-12-8;9-5-8-4-6-1-2-7(8)3-6/h2*4-5,11-15H,2-3,6-10,18H2,1H3;8H,4-7H2,1-3H3;1-2,6-9H,3-5H2. The van der Waals surface area contributed by atoms with Gasteiger partial charge in [-0.3, -0.25) is 0 Å². The van der Waals surface area contributed by atoms with Crippen molar-refractivity contribution in [3.63, 3.8) is 0 Å². The number of hydrogen-bond acceptors (Lipinski definition) is 11. The summed E-state index contributed by atoms with van der Waals surface area (Å²) in [7, 11) is 5.56. The van der Waals surface area contributed by atoms with Gasteiger partial charge in [-0.05, 0) is 130 Å². The number of rotatable bonds is 26. The van der Waals surface area contributed by atoms with Crippen LogP contribution >= 0.6 is 0 Å². The molecule has 336 valence electrons. The molecule has 12 atom stereocenters. The van der Waals surface area contributed by atoms with Gasteiger partial charge in [0.25, 0.3) is 0 Å². The molecule has 58 heavy (non-hydrogen) atoms. The average molecular weight is 871 g/mol. The Balaban J connectivity index is 0.000000176. The van der Waals surface area contributed by atoms with Crippen molar-refractivity contribution >= 4 is 28.3 Å². The third-order valence-electron chi connectivity index (χ3n) is 13.5. The molecule has 3 saturated carbocycles. The predicted octanol–water partition coefficient (Wildman–Crippen LogP) is 5.24. The molecule has 1 aliphatic heterocycles. The maximum absolute atomic E-state index is 9.79. The van der Waals surface area contributed by atoms with Crippen LogP contribution in [0.25, 0.3) is 0 Å². The number of aliphatic hydroxyl groups excluding tert-OH is 3. The molecule has 7 rings (SSSR count). The summed E-state index contributed by atoms with van der Waals surface area (Å²) in [6, 6.07) is 3.22. The first-order valence-electron chi connectivity index (χ1n) is 22.7. The molecule has 14 heteroatoms. The first-order valence-corrected chi connectivity index (χ1v) is 27.8. The van der Waals surface area contributed by atoms with Crippen LogP contribution in [-0.2, 0) is 36.3 Å². The van der Waals surface area contributed by atoms with Gasteiger partial charge in [0.1, 0.15) is 0 Å². The number of hydrogen-bond donors (Lipinski definition) is 3. The van der Waals surface area contributed by atoms with E-state index in [1.54, 1.807) is 35.5 Å². The molecule has 3 N–H and O–H groups in total. The molecule has 0 spiro atoms. The molecule has 6 bridgehead atoms. The lowest BCUT2D eigenvalue weighted by Gasteiger charge is -2.23. The van der Waals surface area contributed by atoms with Crippen LogP contribution in [0.1, 0.15) is 77.0 Å². The summed E-state index contributed by atoms with van der Waals surface area (Å²) in [5.41, 5.74) is 0. The maximum atomic E-state index is 9.79. The van der Waals surface area contributed by atoms with Crippen LogP contribution in [0.3, 0.4) is 0 Å². The third-order valence-corrected chi connectivity index (χ3v) is 18.7. The van der Waals surface area contributed by atoms with Gasteiger partial charge < -0.3 is 51.7 Å². The monoisotopic (exact) mass is 871 g/mol. The maximum Gasteiger partial charge on any atom is 0.500 e. The quantitative estimate of drug-likeness (QED) is 0.0456. The van der Waals surface area contributed by atoms with Gasteiger partial charge in [0.15, 0.2) is 19.5 Å². The van der Waals surface area contributed by atoms with Crippen LogP contribution in [-0.4, -0.2) is 137 Å². The Hall–Kier alpha value is -0.569. The van der Waals surface area contributed by atoms with Crippen molar-refractivity contribution in [2.75, 3.05) is 75.2 Å². The Labute approximate surface area is 357 Å². The van der Waals surface area contributed by atoms with E-state index in [0.717, 1.165) is 106 Å². The van der Waals surface area contributed by atoms with Crippen molar-refractivity contribution in [3.8, 4) is 0 Å². The zero-order valence-corrected chi connectivity index (χ0v) is 40.6. The highest BCUT2D eigenvalue weighted by Gasteiger charge is 2.39. The van der Waals surface area contributed by atoms with Crippen molar-refractivity contribution in [1.82, 2.24) is 0 Å². The molecule has 6 aliphatic carbocycles. The molecule has 11 nitrogen and oxygen atoms in total. The highest BCUT2D eigenvalue weighted by molar-refractivity contribution is 6.60. The summed E-state index contributed by atoms with van der Waals surface area (Å²) in [5, 5.41) is 28.0. The number of epoxide rings is 1. The van der Waals surface area contributed by atoms with Crippen LogP contribution < -0.4 is 0 Å². The lowest BCUT2D eigenvalue weighted by atomic mass is 9.94. The first kappa shape index (κ1) is 50.1. The van der Waals surface area contributed by atoms with Crippen LogP contribution in [0.5, 0.6) is 0 Å². The number of aliphatic hydroxyl groups is 3. The Bertz CT molecular complexity index is 1160. The van der Waals surface area contributed by atoms with E-state index in [-0.39, 0.29) is 38.3 Å². The van der Waals surface area contributed by atoms with Crippen molar-refractivity contribution in [3.05, 3.63) is 36.5 Å². The molecule has 0 aromatic heterocycles. The van der Waals surface area contributed by atoms with E-state index in [2.05, 4.69) is 36.5 Å². The van der Waals surface area contributed by atoms with Gasteiger partial charge in [-0.1, -0.05) is 49.3 Å². The van der Waals surface area contributed by atoms with Crippen molar-refractivity contribution in [1.29, 1.82) is 0 Å². The van der Waals surface area contributed by atoms with Gasteiger partial charge in [0.2, 0.25) is 0 Å². The fourth-order valence-corrected chi connectivity index (χ4v) is 13.1. The number of ether oxygens (including phenoxy) is 3. The second-order valence-corrected chi connectivity index (χ2v) is 24.2. The Kier molecular flexibility index (Phi) is 24.3. The summed E-state index contributed by atoms with van der Waals surface area (Å²) < 4.78 is 42.9. The second kappa shape index (κ2) is 28.2. The fraction of sp³-hybridized carbons (Fsp3) is 0.864. The van der Waals surface area contributed by atoms with Crippen molar-refractivity contribution in [2.24, 2.45) is 53.3 Å². The van der Waals surface area contributed by atoms with E-state index >= 15 is 0 Å². The Morgan fingerprint density at radius 3 is 1.60 bits per heavy atom. The molecule has 0 amide bonds. The van der Waals surface area contributed by atoms with E-state index in [0.29, 0.717) is 37.1 Å². The highest BCUT2D eigenvalue weighted by Crippen LogP contribution is 2.45. The van der Waals surface area contributed by atoms with Gasteiger partial charge in [0.05, 0.1) is 51.3 Å². The zero-order valence-electron chi connectivity index (χ0n) is 36.8. The minimum atomic E-state index is -2.31. The molecule has 1 heterocycles. The minimum Gasteiger partial charge on any atom is -0.427 e. The summed E-state index contributed by atoms with van der Waals surface area (Å²) in [4.78, 5) is 0. The van der Waals surface area contributed by atoms with Gasteiger partial charge >= 0.3 is 8.80 Å². The Morgan fingerprint density at radius 2 is 1.19 bits per heavy atom. The van der Waals surface area contributed by atoms with E-state index < -0.39 is 8.80 Å². The smallest absolute Gasteiger partial charge is 0.427 e. The van der Waals surface area contributed by atoms with Gasteiger partial charge in [-0.15, -0.1) is 0 Å². The molecule has 12 unspecified atom stereocenters. The molecular weight excluding hydrogens is 789 g/mol. The van der Waals surface area contributed by atoms with Gasteiger partial charge in [-0.2, -0.15) is 0 Å². The van der Waals surface area contributed by atoms with Crippen LogP contribution in [0.2, 0.25) is 18.1 Å².